The number of aromatic nitrogens is 2. The fourth-order valence-electron chi connectivity index (χ4n) is 1.44. The summed E-state index contributed by atoms with van der Waals surface area (Å²) in [5.41, 5.74) is 0. The third kappa shape index (κ3) is 3.75. The largest absolute Gasteiger partial charge is 0.477 e. The molecule has 0 saturated heterocycles. The number of halogens is 3. The molecule has 1 fully saturated rings. The molecule has 0 unspecified atom stereocenters. The Morgan fingerprint density at radius 3 is 2.67 bits per heavy atom. The van der Waals surface area contributed by atoms with Crippen molar-refractivity contribution in [2.24, 2.45) is 0 Å². The van der Waals surface area contributed by atoms with E-state index in [0.29, 0.717) is 17.6 Å². The SMILES string of the molecule is CNc1cc(OCCC(F)(F)F)nc(C2CC2)n1. The van der Waals surface area contributed by atoms with Crippen LogP contribution in [0.25, 0.3) is 0 Å². The van der Waals surface area contributed by atoms with Crippen LogP contribution in [0.4, 0.5) is 19.0 Å². The van der Waals surface area contributed by atoms with Crippen molar-refractivity contribution in [2.45, 2.75) is 31.4 Å². The molecule has 1 aromatic rings. The lowest BCUT2D eigenvalue weighted by molar-refractivity contribution is -0.139. The number of nitrogens with one attached hydrogen (secondary N) is 1. The molecule has 0 bridgehead atoms. The van der Waals surface area contributed by atoms with E-state index in [0.717, 1.165) is 12.8 Å². The van der Waals surface area contributed by atoms with E-state index in [1.807, 2.05) is 0 Å². The van der Waals surface area contributed by atoms with Crippen LogP contribution in [0.5, 0.6) is 5.88 Å². The zero-order valence-corrected chi connectivity index (χ0v) is 9.92. The highest BCUT2D eigenvalue weighted by atomic mass is 19.4. The number of rotatable bonds is 5. The van der Waals surface area contributed by atoms with Crippen LogP contribution in [0.1, 0.15) is 31.0 Å². The third-order valence-electron chi connectivity index (χ3n) is 2.55. The van der Waals surface area contributed by atoms with E-state index < -0.39 is 19.2 Å². The van der Waals surface area contributed by atoms with Crippen LogP contribution < -0.4 is 10.1 Å². The van der Waals surface area contributed by atoms with Gasteiger partial charge in [-0.15, -0.1) is 0 Å². The maximum absolute atomic E-state index is 12.0. The highest BCUT2D eigenvalue weighted by molar-refractivity contribution is 5.38. The van der Waals surface area contributed by atoms with Gasteiger partial charge in [-0.3, -0.25) is 0 Å². The van der Waals surface area contributed by atoms with Gasteiger partial charge < -0.3 is 10.1 Å². The molecule has 0 amide bonds. The van der Waals surface area contributed by atoms with Gasteiger partial charge in [0.2, 0.25) is 5.88 Å². The lowest BCUT2D eigenvalue weighted by Gasteiger charge is -2.10. The van der Waals surface area contributed by atoms with Gasteiger partial charge in [0.05, 0.1) is 13.0 Å². The Morgan fingerprint density at radius 1 is 1.39 bits per heavy atom. The van der Waals surface area contributed by atoms with Gasteiger partial charge >= 0.3 is 6.18 Å². The average molecular weight is 261 g/mol. The summed E-state index contributed by atoms with van der Waals surface area (Å²) in [7, 11) is 1.69. The van der Waals surface area contributed by atoms with Gasteiger partial charge in [0.1, 0.15) is 11.6 Å². The lowest BCUT2D eigenvalue weighted by atomic mass is 10.4. The first-order chi connectivity index (χ1) is 8.48. The maximum atomic E-state index is 12.0. The summed E-state index contributed by atoms with van der Waals surface area (Å²) in [5, 5.41) is 2.84. The van der Waals surface area contributed by atoms with Gasteiger partial charge in [-0.05, 0) is 12.8 Å². The smallest absolute Gasteiger partial charge is 0.392 e. The van der Waals surface area contributed by atoms with Gasteiger partial charge in [-0.25, -0.2) is 4.98 Å². The zero-order valence-electron chi connectivity index (χ0n) is 9.92. The van der Waals surface area contributed by atoms with Crippen molar-refractivity contribution >= 4 is 5.82 Å². The van der Waals surface area contributed by atoms with Crippen molar-refractivity contribution in [1.29, 1.82) is 0 Å². The molecular weight excluding hydrogens is 247 g/mol. The molecule has 0 atom stereocenters. The Hall–Kier alpha value is -1.53. The van der Waals surface area contributed by atoms with Crippen molar-refractivity contribution in [3.63, 3.8) is 0 Å². The molecule has 7 heteroatoms. The molecule has 1 N–H and O–H groups in total. The zero-order chi connectivity index (χ0) is 13.2. The van der Waals surface area contributed by atoms with Gasteiger partial charge in [-0.2, -0.15) is 18.2 Å². The summed E-state index contributed by atoms with van der Waals surface area (Å²) in [6, 6.07) is 1.50. The molecule has 0 aliphatic heterocycles. The summed E-state index contributed by atoms with van der Waals surface area (Å²) < 4.78 is 41.0. The third-order valence-corrected chi connectivity index (χ3v) is 2.55. The van der Waals surface area contributed by atoms with Crippen LogP contribution in [-0.2, 0) is 0 Å². The Balaban J connectivity index is 2.00. The fourth-order valence-corrected chi connectivity index (χ4v) is 1.44. The van der Waals surface area contributed by atoms with Crippen molar-refractivity contribution in [2.75, 3.05) is 19.0 Å². The molecular formula is C11H14F3N3O. The van der Waals surface area contributed by atoms with Crippen LogP contribution >= 0.6 is 0 Å². The summed E-state index contributed by atoms with van der Waals surface area (Å²) >= 11 is 0. The molecule has 18 heavy (non-hydrogen) atoms. The van der Waals surface area contributed by atoms with Gasteiger partial charge in [-0.1, -0.05) is 0 Å². The second-order valence-corrected chi connectivity index (χ2v) is 4.19. The number of anilines is 1. The molecule has 0 aromatic carbocycles. The Labute approximate surface area is 103 Å². The monoisotopic (exact) mass is 261 g/mol. The highest BCUT2D eigenvalue weighted by Crippen LogP contribution is 2.39. The van der Waals surface area contributed by atoms with Gasteiger partial charge in [0.15, 0.2) is 0 Å². The normalized spacial score (nSPS) is 15.6. The number of nitrogens with zero attached hydrogens (tertiary/aromatic N) is 2. The van der Waals surface area contributed by atoms with Crippen LogP contribution in [-0.4, -0.2) is 29.8 Å². The van der Waals surface area contributed by atoms with Crippen molar-refractivity contribution in [3.8, 4) is 5.88 Å². The summed E-state index contributed by atoms with van der Waals surface area (Å²) in [4.78, 5) is 8.37. The van der Waals surface area contributed by atoms with Crippen LogP contribution in [0.3, 0.4) is 0 Å². The van der Waals surface area contributed by atoms with E-state index in [1.54, 1.807) is 7.05 Å². The molecule has 0 radical (unpaired) electrons. The Bertz CT molecular complexity index is 418. The minimum Gasteiger partial charge on any atom is -0.477 e. The standard InChI is InChI=1S/C11H14F3N3O/c1-15-8-6-9(18-5-4-11(12,13)14)17-10(16-8)7-2-3-7/h6-7H,2-5H2,1H3,(H,15,16,17). The van der Waals surface area contributed by atoms with E-state index in [1.165, 1.54) is 6.07 Å². The topological polar surface area (TPSA) is 47.0 Å². The summed E-state index contributed by atoms with van der Waals surface area (Å²) in [5.74, 6) is 1.72. The second-order valence-electron chi connectivity index (χ2n) is 4.19. The predicted octanol–water partition coefficient (Wildman–Crippen LogP) is 2.73. The van der Waals surface area contributed by atoms with Crippen LogP contribution in [0.15, 0.2) is 6.07 Å². The first kappa shape index (κ1) is 12.9. The second kappa shape index (κ2) is 4.99. The predicted molar refractivity (Wildman–Crippen MR) is 59.7 cm³/mol. The first-order valence-electron chi connectivity index (χ1n) is 5.74. The minimum absolute atomic E-state index is 0.195. The van der Waals surface area contributed by atoms with Crippen molar-refractivity contribution in [3.05, 3.63) is 11.9 Å². The number of hydrogen-bond donors (Lipinski definition) is 1. The van der Waals surface area contributed by atoms with E-state index in [9.17, 15) is 13.2 Å². The van der Waals surface area contributed by atoms with E-state index in [-0.39, 0.29) is 5.88 Å². The number of hydrogen-bond acceptors (Lipinski definition) is 4. The molecule has 4 nitrogen and oxygen atoms in total. The summed E-state index contributed by atoms with van der Waals surface area (Å²) in [6.45, 7) is -0.423. The molecule has 1 aromatic heterocycles. The van der Waals surface area contributed by atoms with E-state index in [2.05, 4.69) is 15.3 Å². The quantitative estimate of drug-likeness (QED) is 0.885. The Kier molecular flexibility index (Phi) is 3.58. The van der Waals surface area contributed by atoms with E-state index >= 15 is 0 Å². The van der Waals surface area contributed by atoms with Crippen molar-refractivity contribution < 1.29 is 17.9 Å². The summed E-state index contributed by atoms with van der Waals surface area (Å²) in [6.07, 6.45) is -3.15. The molecule has 1 aliphatic rings. The van der Waals surface area contributed by atoms with Crippen LogP contribution in [0.2, 0.25) is 0 Å². The molecule has 2 rings (SSSR count). The average Bonchev–Trinajstić information content (AvgIpc) is 3.10. The van der Waals surface area contributed by atoms with E-state index in [4.69, 9.17) is 4.74 Å². The van der Waals surface area contributed by atoms with Gasteiger partial charge in [0, 0.05) is 19.0 Å². The molecule has 1 heterocycles. The van der Waals surface area contributed by atoms with Gasteiger partial charge in [0.25, 0.3) is 0 Å². The van der Waals surface area contributed by atoms with Crippen LogP contribution in [0, 0.1) is 0 Å². The molecule has 1 aliphatic carbocycles. The molecule has 0 spiro atoms. The fraction of sp³-hybridized carbons (Fsp3) is 0.636. The Morgan fingerprint density at radius 2 is 2.11 bits per heavy atom. The number of ether oxygens (including phenoxy) is 1. The lowest BCUT2D eigenvalue weighted by Crippen LogP contribution is -2.14. The minimum atomic E-state index is -4.21. The maximum Gasteiger partial charge on any atom is 0.392 e. The highest BCUT2D eigenvalue weighted by Gasteiger charge is 2.29. The molecule has 1 saturated carbocycles. The molecule has 100 valence electrons. The van der Waals surface area contributed by atoms with Crippen molar-refractivity contribution in [1.82, 2.24) is 9.97 Å². The first-order valence-corrected chi connectivity index (χ1v) is 5.74. The number of alkyl halides is 3.